The van der Waals surface area contributed by atoms with Crippen LogP contribution in [0.15, 0.2) is 0 Å². The minimum absolute atomic E-state index is 0.0187. The molecule has 10 heteroatoms. The van der Waals surface area contributed by atoms with E-state index < -0.39 is 11.9 Å². The van der Waals surface area contributed by atoms with Gasteiger partial charge in [-0.2, -0.15) is 11.8 Å². The van der Waals surface area contributed by atoms with Crippen molar-refractivity contribution in [3.05, 3.63) is 0 Å². The first-order valence-corrected chi connectivity index (χ1v) is 9.43. The van der Waals surface area contributed by atoms with Gasteiger partial charge in [-0.15, -0.1) is 0 Å². The maximum atomic E-state index is 12.6. The standard InChI is InChI=1S/C15H27N5O4S/c1-9(2)17-15(24)18-10-5-11(14(23)19(3)7-12(16)21)20(6-10)13(22)8-25-4/h9-11H,5-8H2,1-4H3,(H2,16,21)(H2,17,18,24)/t10-,11-/m0/s1. The van der Waals surface area contributed by atoms with E-state index in [1.165, 1.54) is 28.6 Å². The Morgan fingerprint density at radius 3 is 2.48 bits per heavy atom. The number of thioether (sulfide) groups is 1. The minimum atomic E-state index is -0.714. The first kappa shape index (κ1) is 21.1. The number of nitrogens with two attached hydrogens (primary N) is 1. The Labute approximate surface area is 152 Å². The maximum absolute atomic E-state index is 12.6. The number of nitrogens with one attached hydrogen (secondary N) is 2. The highest BCUT2D eigenvalue weighted by Gasteiger charge is 2.41. The summed E-state index contributed by atoms with van der Waals surface area (Å²) in [5.74, 6) is -0.913. The van der Waals surface area contributed by atoms with Crippen LogP contribution in [0.25, 0.3) is 0 Å². The summed E-state index contributed by atoms with van der Waals surface area (Å²) in [7, 11) is 1.47. The first-order valence-electron chi connectivity index (χ1n) is 8.04. The van der Waals surface area contributed by atoms with Crippen LogP contribution in [0, 0.1) is 0 Å². The highest BCUT2D eigenvalue weighted by molar-refractivity contribution is 7.99. The molecule has 9 nitrogen and oxygen atoms in total. The number of hydrogen-bond donors (Lipinski definition) is 3. The lowest BCUT2D eigenvalue weighted by atomic mass is 10.1. The zero-order valence-corrected chi connectivity index (χ0v) is 15.9. The van der Waals surface area contributed by atoms with Crippen molar-refractivity contribution in [1.29, 1.82) is 0 Å². The van der Waals surface area contributed by atoms with Crippen molar-refractivity contribution in [2.45, 2.75) is 38.4 Å². The quantitative estimate of drug-likeness (QED) is 0.526. The number of hydrogen-bond acceptors (Lipinski definition) is 5. The Hall–Kier alpha value is -1.97. The number of likely N-dealkylation sites (N-methyl/N-ethyl adjacent to an activating group) is 1. The molecule has 1 heterocycles. The van der Waals surface area contributed by atoms with Crippen molar-refractivity contribution in [1.82, 2.24) is 20.4 Å². The number of urea groups is 1. The zero-order valence-electron chi connectivity index (χ0n) is 15.1. The van der Waals surface area contributed by atoms with Crippen molar-refractivity contribution < 1.29 is 19.2 Å². The summed E-state index contributed by atoms with van der Waals surface area (Å²) in [5.41, 5.74) is 5.13. The molecule has 1 saturated heterocycles. The van der Waals surface area contributed by atoms with Gasteiger partial charge in [0.1, 0.15) is 6.04 Å². The molecule has 0 aromatic carbocycles. The molecule has 0 radical (unpaired) electrons. The molecule has 0 aliphatic carbocycles. The molecule has 5 amide bonds. The monoisotopic (exact) mass is 373 g/mol. The van der Waals surface area contributed by atoms with E-state index in [1.807, 2.05) is 13.8 Å². The molecule has 142 valence electrons. The van der Waals surface area contributed by atoms with Gasteiger partial charge in [0.2, 0.25) is 17.7 Å². The lowest BCUT2D eigenvalue weighted by Gasteiger charge is -2.27. The molecule has 0 aromatic rings. The number of nitrogens with zero attached hydrogens (tertiary/aromatic N) is 2. The SMILES string of the molecule is CSCC(=O)N1C[C@@H](NC(=O)NC(C)C)C[C@H]1C(=O)N(C)CC(N)=O. The fourth-order valence-electron chi connectivity index (χ4n) is 2.71. The van der Waals surface area contributed by atoms with Gasteiger partial charge in [0.15, 0.2) is 0 Å². The van der Waals surface area contributed by atoms with E-state index in [0.717, 1.165) is 0 Å². The average Bonchev–Trinajstić information content (AvgIpc) is 2.88. The molecule has 0 bridgehead atoms. The van der Waals surface area contributed by atoms with Crippen LogP contribution in [-0.4, -0.2) is 83.8 Å². The second kappa shape index (κ2) is 9.50. The van der Waals surface area contributed by atoms with Crippen molar-refractivity contribution in [2.24, 2.45) is 5.73 Å². The van der Waals surface area contributed by atoms with Gasteiger partial charge in [-0.3, -0.25) is 14.4 Å². The van der Waals surface area contributed by atoms with Crippen LogP contribution in [0.4, 0.5) is 4.79 Å². The van der Waals surface area contributed by atoms with Crippen LogP contribution in [-0.2, 0) is 14.4 Å². The normalized spacial score (nSPS) is 19.6. The molecule has 1 aliphatic rings. The Morgan fingerprint density at radius 1 is 1.32 bits per heavy atom. The molecule has 1 aliphatic heterocycles. The Morgan fingerprint density at radius 2 is 1.96 bits per heavy atom. The Balaban J connectivity index is 2.83. The lowest BCUT2D eigenvalue weighted by Crippen LogP contribution is -2.49. The van der Waals surface area contributed by atoms with Gasteiger partial charge in [0.05, 0.1) is 18.3 Å². The lowest BCUT2D eigenvalue weighted by molar-refractivity contribution is -0.142. The second-order valence-electron chi connectivity index (χ2n) is 6.36. The summed E-state index contributed by atoms with van der Waals surface area (Å²) in [5, 5.41) is 5.51. The van der Waals surface area contributed by atoms with E-state index >= 15 is 0 Å². The van der Waals surface area contributed by atoms with Gasteiger partial charge >= 0.3 is 6.03 Å². The molecule has 0 saturated carbocycles. The molecule has 4 N–H and O–H groups in total. The molecular formula is C15H27N5O4S. The van der Waals surface area contributed by atoms with Gasteiger partial charge in [-0.25, -0.2) is 4.79 Å². The molecule has 1 rings (SSSR count). The summed E-state index contributed by atoms with van der Waals surface area (Å²) in [4.78, 5) is 50.5. The minimum Gasteiger partial charge on any atom is -0.368 e. The van der Waals surface area contributed by atoms with Crippen molar-refractivity contribution in [3.63, 3.8) is 0 Å². The van der Waals surface area contributed by atoms with Crippen LogP contribution in [0.5, 0.6) is 0 Å². The smallest absolute Gasteiger partial charge is 0.315 e. The molecule has 2 atom stereocenters. The Kier molecular flexibility index (Phi) is 8.01. The topological polar surface area (TPSA) is 125 Å². The number of carbonyl (C=O) groups is 4. The van der Waals surface area contributed by atoms with Crippen molar-refractivity contribution >= 4 is 35.5 Å². The van der Waals surface area contributed by atoms with Gasteiger partial charge < -0.3 is 26.2 Å². The van der Waals surface area contributed by atoms with E-state index in [0.29, 0.717) is 6.42 Å². The van der Waals surface area contributed by atoms with Gasteiger partial charge in [-0.05, 0) is 26.5 Å². The Bertz CT molecular complexity index is 528. The summed E-state index contributed by atoms with van der Waals surface area (Å²) in [6, 6.07) is -1.40. The molecule has 0 aromatic heterocycles. The van der Waals surface area contributed by atoms with Crippen molar-refractivity contribution in [2.75, 3.05) is 32.1 Å². The van der Waals surface area contributed by atoms with Gasteiger partial charge in [0, 0.05) is 19.6 Å². The number of rotatable bonds is 7. The third-order valence-electron chi connectivity index (χ3n) is 3.70. The fourth-order valence-corrected chi connectivity index (χ4v) is 3.12. The number of carbonyl (C=O) groups excluding carboxylic acids is 4. The van der Waals surface area contributed by atoms with Gasteiger partial charge in [-0.1, -0.05) is 0 Å². The zero-order chi connectivity index (χ0) is 19.1. The average molecular weight is 373 g/mol. The third kappa shape index (κ3) is 6.45. The molecular weight excluding hydrogens is 346 g/mol. The number of primary amides is 1. The van der Waals surface area contributed by atoms with Crippen LogP contribution in [0.2, 0.25) is 0 Å². The highest BCUT2D eigenvalue weighted by atomic mass is 32.2. The molecule has 0 spiro atoms. The number of amides is 5. The largest absolute Gasteiger partial charge is 0.368 e. The molecule has 0 unspecified atom stereocenters. The summed E-state index contributed by atoms with van der Waals surface area (Å²) in [6.07, 6.45) is 2.10. The fraction of sp³-hybridized carbons (Fsp3) is 0.733. The van der Waals surface area contributed by atoms with E-state index in [4.69, 9.17) is 5.73 Å². The van der Waals surface area contributed by atoms with Gasteiger partial charge in [0.25, 0.3) is 0 Å². The second-order valence-corrected chi connectivity index (χ2v) is 7.23. The van der Waals surface area contributed by atoms with Crippen LogP contribution in [0.3, 0.4) is 0 Å². The van der Waals surface area contributed by atoms with E-state index in [-0.39, 0.29) is 48.8 Å². The third-order valence-corrected chi connectivity index (χ3v) is 4.23. The summed E-state index contributed by atoms with van der Waals surface area (Å²) < 4.78 is 0. The summed E-state index contributed by atoms with van der Waals surface area (Å²) >= 11 is 1.36. The summed E-state index contributed by atoms with van der Waals surface area (Å²) in [6.45, 7) is 3.72. The van der Waals surface area contributed by atoms with Crippen molar-refractivity contribution in [3.8, 4) is 0 Å². The molecule has 1 fully saturated rings. The maximum Gasteiger partial charge on any atom is 0.315 e. The van der Waals surface area contributed by atoms with E-state index in [2.05, 4.69) is 10.6 Å². The van der Waals surface area contributed by atoms with Crippen LogP contribution < -0.4 is 16.4 Å². The van der Waals surface area contributed by atoms with Crippen LogP contribution >= 0.6 is 11.8 Å². The van der Waals surface area contributed by atoms with E-state index in [9.17, 15) is 19.2 Å². The molecule has 25 heavy (non-hydrogen) atoms. The number of likely N-dealkylation sites (tertiary alicyclic amines) is 1. The highest BCUT2D eigenvalue weighted by Crippen LogP contribution is 2.21. The first-order chi connectivity index (χ1) is 11.6. The van der Waals surface area contributed by atoms with Crippen LogP contribution in [0.1, 0.15) is 20.3 Å². The predicted molar refractivity (Wildman–Crippen MR) is 95.9 cm³/mol. The van der Waals surface area contributed by atoms with E-state index in [1.54, 1.807) is 6.26 Å². The predicted octanol–water partition coefficient (Wildman–Crippen LogP) is -1.03.